The van der Waals surface area contributed by atoms with Crippen molar-refractivity contribution in [1.82, 2.24) is 0 Å². The first-order valence-electron chi connectivity index (χ1n) is 5.28. The van der Waals surface area contributed by atoms with Crippen molar-refractivity contribution >= 4 is 0 Å². The SMILES string of the molecule is CC[C@@](C)(O)C#CC[NH+]1CCOCC1. The highest BCUT2D eigenvalue weighted by atomic mass is 16.5. The van der Waals surface area contributed by atoms with Crippen LogP contribution in [-0.4, -0.2) is 43.6 Å². The average molecular weight is 198 g/mol. The maximum Gasteiger partial charge on any atom is 0.139 e. The monoisotopic (exact) mass is 198 g/mol. The topological polar surface area (TPSA) is 33.9 Å². The van der Waals surface area contributed by atoms with Crippen LogP contribution in [0.1, 0.15) is 20.3 Å². The Morgan fingerprint density at radius 1 is 1.43 bits per heavy atom. The number of rotatable bonds is 2. The minimum atomic E-state index is -0.814. The summed E-state index contributed by atoms with van der Waals surface area (Å²) in [6, 6.07) is 0. The molecule has 0 unspecified atom stereocenters. The van der Waals surface area contributed by atoms with Crippen molar-refractivity contribution in [2.45, 2.75) is 25.9 Å². The molecule has 0 aliphatic carbocycles. The molecule has 1 aliphatic heterocycles. The van der Waals surface area contributed by atoms with Crippen molar-refractivity contribution < 1.29 is 14.7 Å². The lowest BCUT2D eigenvalue weighted by atomic mass is 10.1. The van der Waals surface area contributed by atoms with Crippen LogP contribution in [0.15, 0.2) is 0 Å². The lowest BCUT2D eigenvalue weighted by Gasteiger charge is -2.21. The van der Waals surface area contributed by atoms with Gasteiger partial charge in [0, 0.05) is 0 Å². The van der Waals surface area contributed by atoms with E-state index in [9.17, 15) is 5.11 Å². The van der Waals surface area contributed by atoms with Crippen molar-refractivity contribution in [3.63, 3.8) is 0 Å². The molecule has 3 nitrogen and oxygen atoms in total. The third kappa shape index (κ3) is 4.10. The number of aliphatic hydroxyl groups is 1. The van der Waals surface area contributed by atoms with Gasteiger partial charge in [-0.05, 0) is 19.3 Å². The van der Waals surface area contributed by atoms with E-state index in [1.165, 1.54) is 4.90 Å². The fraction of sp³-hybridized carbons (Fsp3) is 0.818. The van der Waals surface area contributed by atoms with Crippen molar-refractivity contribution in [2.75, 3.05) is 32.8 Å². The van der Waals surface area contributed by atoms with Gasteiger partial charge in [0.05, 0.1) is 13.2 Å². The Hall–Kier alpha value is -0.560. The molecule has 0 bridgehead atoms. The van der Waals surface area contributed by atoms with E-state index in [1.54, 1.807) is 6.92 Å². The molecule has 0 aromatic heterocycles. The van der Waals surface area contributed by atoms with Gasteiger partial charge in [-0.25, -0.2) is 0 Å². The van der Waals surface area contributed by atoms with Gasteiger partial charge in [-0.1, -0.05) is 12.8 Å². The second-order valence-corrected chi connectivity index (χ2v) is 3.97. The van der Waals surface area contributed by atoms with Gasteiger partial charge >= 0.3 is 0 Å². The third-order valence-corrected chi connectivity index (χ3v) is 2.58. The summed E-state index contributed by atoms with van der Waals surface area (Å²) < 4.78 is 5.25. The minimum Gasteiger partial charge on any atom is -0.378 e. The molecule has 1 heterocycles. The first-order chi connectivity index (χ1) is 6.64. The zero-order valence-electron chi connectivity index (χ0n) is 9.10. The average Bonchev–Trinajstić information content (AvgIpc) is 2.19. The molecule has 1 rings (SSSR count). The van der Waals surface area contributed by atoms with Crippen LogP contribution in [0, 0.1) is 11.8 Å². The van der Waals surface area contributed by atoms with E-state index in [2.05, 4.69) is 11.8 Å². The van der Waals surface area contributed by atoms with Gasteiger partial charge in [-0.3, -0.25) is 0 Å². The number of morpholine rings is 1. The van der Waals surface area contributed by atoms with Crippen LogP contribution in [0.3, 0.4) is 0 Å². The Morgan fingerprint density at radius 2 is 2.07 bits per heavy atom. The summed E-state index contributed by atoms with van der Waals surface area (Å²) in [5.41, 5.74) is -0.814. The van der Waals surface area contributed by atoms with E-state index in [0.717, 1.165) is 32.8 Å². The maximum atomic E-state index is 9.65. The summed E-state index contributed by atoms with van der Waals surface area (Å²) in [6.07, 6.45) is 0.679. The minimum absolute atomic E-state index is 0.679. The van der Waals surface area contributed by atoms with Gasteiger partial charge in [0.1, 0.15) is 25.2 Å². The van der Waals surface area contributed by atoms with E-state index in [-0.39, 0.29) is 0 Å². The Balaban J connectivity index is 2.30. The smallest absolute Gasteiger partial charge is 0.139 e. The summed E-state index contributed by atoms with van der Waals surface area (Å²) in [4.78, 5) is 1.45. The highest BCUT2D eigenvalue weighted by Crippen LogP contribution is 2.04. The normalized spacial score (nSPS) is 22.2. The lowest BCUT2D eigenvalue weighted by molar-refractivity contribution is -0.900. The summed E-state index contributed by atoms with van der Waals surface area (Å²) in [5, 5.41) is 9.65. The molecule has 14 heavy (non-hydrogen) atoms. The van der Waals surface area contributed by atoms with Gasteiger partial charge in [0.15, 0.2) is 0 Å². The fourth-order valence-electron chi connectivity index (χ4n) is 1.28. The maximum absolute atomic E-state index is 9.65. The molecule has 0 saturated carbocycles. The number of nitrogens with one attached hydrogen (secondary N) is 1. The van der Waals surface area contributed by atoms with Crippen LogP contribution < -0.4 is 4.90 Å². The Bertz CT molecular complexity index is 221. The molecule has 0 spiro atoms. The van der Waals surface area contributed by atoms with Gasteiger partial charge in [0.2, 0.25) is 0 Å². The van der Waals surface area contributed by atoms with Crippen molar-refractivity contribution in [3.05, 3.63) is 0 Å². The van der Waals surface area contributed by atoms with Gasteiger partial charge in [0.25, 0.3) is 0 Å². The number of hydrogen-bond donors (Lipinski definition) is 2. The molecule has 0 radical (unpaired) electrons. The largest absolute Gasteiger partial charge is 0.378 e. The zero-order chi connectivity index (χ0) is 10.4. The highest BCUT2D eigenvalue weighted by molar-refractivity contribution is 5.11. The predicted molar refractivity (Wildman–Crippen MR) is 55.1 cm³/mol. The molecule has 0 aromatic rings. The summed E-state index contributed by atoms with van der Waals surface area (Å²) >= 11 is 0. The van der Waals surface area contributed by atoms with Crippen LogP contribution in [0.5, 0.6) is 0 Å². The summed E-state index contributed by atoms with van der Waals surface area (Å²) in [5.74, 6) is 5.95. The Morgan fingerprint density at radius 3 is 2.64 bits per heavy atom. The molecule has 1 fully saturated rings. The molecule has 1 saturated heterocycles. The van der Waals surface area contributed by atoms with Crippen LogP contribution in [-0.2, 0) is 4.74 Å². The second-order valence-electron chi connectivity index (χ2n) is 3.97. The molecular formula is C11H20NO2+. The molecule has 0 aromatic carbocycles. The molecular weight excluding hydrogens is 178 g/mol. The molecule has 2 N–H and O–H groups in total. The second kappa shape index (κ2) is 5.35. The summed E-state index contributed by atoms with van der Waals surface area (Å²) in [7, 11) is 0. The van der Waals surface area contributed by atoms with Crippen LogP contribution in [0.2, 0.25) is 0 Å². The number of quaternary nitrogens is 1. The van der Waals surface area contributed by atoms with E-state index < -0.39 is 5.60 Å². The third-order valence-electron chi connectivity index (χ3n) is 2.58. The van der Waals surface area contributed by atoms with Crippen LogP contribution >= 0.6 is 0 Å². The van der Waals surface area contributed by atoms with E-state index in [1.807, 2.05) is 6.92 Å². The van der Waals surface area contributed by atoms with Gasteiger partial charge in [-0.2, -0.15) is 0 Å². The first-order valence-corrected chi connectivity index (χ1v) is 5.28. The molecule has 1 atom stereocenters. The molecule has 0 amide bonds. The molecule has 80 valence electrons. The van der Waals surface area contributed by atoms with Gasteiger partial charge < -0.3 is 14.7 Å². The number of ether oxygens (including phenoxy) is 1. The Labute approximate surface area is 86.0 Å². The molecule has 3 heteroatoms. The highest BCUT2D eigenvalue weighted by Gasteiger charge is 2.14. The lowest BCUT2D eigenvalue weighted by Crippen LogP contribution is -3.14. The fourth-order valence-corrected chi connectivity index (χ4v) is 1.28. The predicted octanol–water partition coefficient (Wildman–Crippen LogP) is -0.934. The Kier molecular flexibility index (Phi) is 4.40. The standard InChI is InChI=1S/C11H19NO2/c1-3-11(2,13)5-4-6-12-7-9-14-10-8-12/h13H,3,6-10H2,1-2H3/p+1/t11-/m1/s1. The van der Waals surface area contributed by atoms with Gasteiger partial charge in [-0.15, -0.1) is 0 Å². The van der Waals surface area contributed by atoms with Crippen molar-refractivity contribution in [2.24, 2.45) is 0 Å². The molecule has 1 aliphatic rings. The zero-order valence-corrected chi connectivity index (χ0v) is 9.10. The first kappa shape index (κ1) is 11.5. The van der Waals surface area contributed by atoms with Crippen molar-refractivity contribution in [3.8, 4) is 11.8 Å². The van der Waals surface area contributed by atoms with Crippen molar-refractivity contribution in [1.29, 1.82) is 0 Å². The summed E-state index contributed by atoms with van der Waals surface area (Å²) in [6.45, 7) is 8.25. The van der Waals surface area contributed by atoms with E-state index in [0.29, 0.717) is 6.42 Å². The van der Waals surface area contributed by atoms with E-state index in [4.69, 9.17) is 4.74 Å². The number of hydrogen-bond acceptors (Lipinski definition) is 2. The van der Waals surface area contributed by atoms with Crippen LogP contribution in [0.4, 0.5) is 0 Å². The van der Waals surface area contributed by atoms with E-state index >= 15 is 0 Å². The quantitative estimate of drug-likeness (QED) is 0.562. The van der Waals surface area contributed by atoms with Crippen LogP contribution in [0.25, 0.3) is 0 Å².